The first-order valence-corrected chi connectivity index (χ1v) is 14.3. The molecule has 0 radical (unpaired) electrons. The van der Waals surface area contributed by atoms with Crippen LogP contribution in [-0.2, 0) is 35.4 Å². The third-order valence-electron chi connectivity index (χ3n) is 7.39. The molecule has 0 saturated heterocycles. The maximum atomic E-state index is 13.9. The second-order valence-electron chi connectivity index (χ2n) is 10.1. The highest BCUT2D eigenvalue weighted by atomic mass is 35.5. The van der Waals surface area contributed by atoms with Gasteiger partial charge in [-0.15, -0.1) is 0 Å². The number of halogens is 2. The van der Waals surface area contributed by atoms with Crippen LogP contribution < -0.4 is 5.32 Å². The molecule has 0 aliphatic heterocycles. The Bertz CT molecular complexity index is 1210. The molecule has 2 amide bonds. The smallest absolute Gasteiger partial charge is 0.243 e. The lowest BCUT2D eigenvalue weighted by Gasteiger charge is -2.32. The highest BCUT2D eigenvalue weighted by molar-refractivity contribution is 6.35. The van der Waals surface area contributed by atoms with Crippen LogP contribution in [-0.4, -0.2) is 28.8 Å². The van der Waals surface area contributed by atoms with Gasteiger partial charge in [0.2, 0.25) is 11.8 Å². The van der Waals surface area contributed by atoms with Gasteiger partial charge in [0.05, 0.1) is 0 Å². The molecule has 6 heteroatoms. The average Bonchev–Trinajstić information content (AvgIpc) is 3.44. The fraction of sp³-hybridized carbons (Fsp3) is 0.375. The summed E-state index contributed by atoms with van der Waals surface area (Å²) in [7, 11) is 0. The Morgan fingerprint density at radius 1 is 0.921 bits per heavy atom. The predicted octanol–water partition coefficient (Wildman–Crippen LogP) is 7.19. The first-order chi connectivity index (χ1) is 18.4. The molecule has 1 fully saturated rings. The van der Waals surface area contributed by atoms with Gasteiger partial charge in [-0.05, 0) is 60.1 Å². The van der Waals surface area contributed by atoms with Gasteiger partial charge in [0.25, 0.3) is 0 Å². The van der Waals surface area contributed by atoms with E-state index in [0.29, 0.717) is 29.3 Å². The average molecular weight is 552 g/mol. The molecule has 38 heavy (non-hydrogen) atoms. The van der Waals surface area contributed by atoms with Gasteiger partial charge in [-0.1, -0.05) is 104 Å². The third-order valence-corrected chi connectivity index (χ3v) is 7.97. The minimum absolute atomic E-state index is 0.0712. The number of hydrogen-bond acceptors (Lipinski definition) is 2. The summed E-state index contributed by atoms with van der Waals surface area (Å²) in [4.78, 5) is 29.4. The van der Waals surface area contributed by atoms with Crippen molar-refractivity contribution < 1.29 is 9.59 Å². The van der Waals surface area contributed by atoms with Crippen molar-refractivity contribution in [1.82, 2.24) is 10.2 Å². The SMILES string of the molecule is CCc1ccc(CCC(=O)N(Cc2ccc(Cl)cc2Cl)[C@@H](Cc2ccccc2)C(=O)NC2CCCC2)cc1. The van der Waals surface area contributed by atoms with Crippen LogP contribution >= 0.6 is 23.2 Å². The fourth-order valence-corrected chi connectivity index (χ4v) is 5.56. The van der Waals surface area contributed by atoms with Gasteiger partial charge in [0.15, 0.2) is 0 Å². The van der Waals surface area contributed by atoms with Crippen LogP contribution in [0.3, 0.4) is 0 Å². The zero-order valence-corrected chi connectivity index (χ0v) is 23.5. The number of carbonyl (C=O) groups excluding carboxylic acids is 2. The number of benzene rings is 3. The Labute approximate surface area is 236 Å². The van der Waals surface area contributed by atoms with Gasteiger partial charge in [0, 0.05) is 35.5 Å². The summed E-state index contributed by atoms with van der Waals surface area (Å²) in [6.07, 6.45) is 6.52. The molecule has 1 atom stereocenters. The molecule has 3 aromatic carbocycles. The summed E-state index contributed by atoms with van der Waals surface area (Å²) in [5.74, 6) is -0.176. The van der Waals surface area contributed by atoms with E-state index >= 15 is 0 Å². The molecule has 0 heterocycles. The summed E-state index contributed by atoms with van der Waals surface area (Å²) in [6, 6.07) is 23.1. The Morgan fingerprint density at radius 2 is 1.61 bits per heavy atom. The number of aryl methyl sites for hydroxylation is 2. The van der Waals surface area contributed by atoms with Crippen molar-refractivity contribution in [2.75, 3.05) is 0 Å². The second-order valence-corrected chi connectivity index (χ2v) is 11.0. The maximum Gasteiger partial charge on any atom is 0.243 e. The lowest BCUT2D eigenvalue weighted by Crippen LogP contribution is -2.52. The second kappa shape index (κ2) is 13.8. The summed E-state index contributed by atoms with van der Waals surface area (Å²) >= 11 is 12.7. The molecular formula is C32H36Cl2N2O2. The van der Waals surface area contributed by atoms with Crippen molar-refractivity contribution in [1.29, 1.82) is 0 Å². The molecular weight excluding hydrogens is 515 g/mol. The number of amides is 2. The third kappa shape index (κ3) is 7.85. The number of nitrogens with zero attached hydrogens (tertiary/aromatic N) is 1. The first kappa shape index (κ1) is 28.2. The van der Waals surface area contributed by atoms with Gasteiger partial charge in [0.1, 0.15) is 6.04 Å². The molecule has 4 rings (SSSR count). The van der Waals surface area contributed by atoms with Crippen LogP contribution in [0.25, 0.3) is 0 Å². The molecule has 0 spiro atoms. The standard InChI is InChI=1S/C32H36Cl2N2O2/c1-2-23-12-14-24(15-13-23)16-19-31(37)36(22-26-17-18-27(33)21-29(26)34)30(20-25-8-4-3-5-9-25)32(38)35-28-10-6-7-11-28/h3-5,8-9,12-15,17-18,21,28,30H,2,6-7,10-11,16,19-20,22H2,1H3,(H,35,38)/t30-/m0/s1. The predicted molar refractivity (Wildman–Crippen MR) is 155 cm³/mol. The molecule has 0 unspecified atom stereocenters. The van der Waals surface area contributed by atoms with E-state index in [1.165, 1.54) is 5.56 Å². The summed E-state index contributed by atoms with van der Waals surface area (Å²) < 4.78 is 0. The maximum absolute atomic E-state index is 13.9. The molecule has 1 aliphatic carbocycles. The van der Waals surface area contributed by atoms with Crippen molar-refractivity contribution >= 4 is 35.0 Å². The lowest BCUT2D eigenvalue weighted by atomic mass is 10.0. The van der Waals surface area contributed by atoms with Crippen molar-refractivity contribution in [2.24, 2.45) is 0 Å². The largest absolute Gasteiger partial charge is 0.352 e. The van der Waals surface area contributed by atoms with Crippen LogP contribution in [0.15, 0.2) is 72.8 Å². The Kier molecular flexibility index (Phi) is 10.3. The normalized spacial score (nSPS) is 14.3. The van der Waals surface area contributed by atoms with E-state index in [1.54, 1.807) is 17.0 Å². The molecule has 1 aliphatic rings. The highest BCUT2D eigenvalue weighted by Crippen LogP contribution is 2.25. The van der Waals surface area contributed by atoms with E-state index in [-0.39, 0.29) is 24.4 Å². The van der Waals surface area contributed by atoms with E-state index < -0.39 is 6.04 Å². The van der Waals surface area contributed by atoms with Crippen LogP contribution in [0.5, 0.6) is 0 Å². The Hall–Kier alpha value is -2.82. The lowest BCUT2D eigenvalue weighted by molar-refractivity contribution is -0.141. The number of nitrogens with one attached hydrogen (secondary N) is 1. The van der Waals surface area contributed by atoms with Gasteiger partial charge < -0.3 is 10.2 Å². The van der Waals surface area contributed by atoms with Crippen LogP contribution in [0.2, 0.25) is 10.0 Å². The van der Waals surface area contributed by atoms with E-state index in [2.05, 4.69) is 36.5 Å². The van der Waals surface area contributed by atoms with E-state index in [0.717, 1.165) is 48.8 Å². The van der Waals surface area contributed by atoms with Crippen molar-refractivity contribution in [3.8, 4) is 0 Å². The molecule has 4 nitrogen and oxygen atoms in total. The number of carbonyl (C=O) groups is 2. The zero-order chi connectivity index (χ0) is 26.9. The van der Waals surface area contributed by atoms with E-state index in [4.69, 9.17) is 23.2 Å². The van der Waals surface area contributed by atoms with E-state index in [9.17, 15) is 9.59 Å². The number of rotatable bonds is 11. The summed E-state index contributed by atoms with van der Waals surface area (Å²) in [6.45, 7) is 2.36. The van der Waals surface area contributed by atoms with Crippen LogP contribution in [0.4, 0.5) is 0 Å². The molecule has 200 valence electrons. The Balaban J connectivity index is 1.62. The molecule has 1 saturated carbocycles. The van der Waals surface area contributed by atoms with Gasteiger partial charge in [-0.25, -0.2) is 0 Å². The minimum Gasteiger partial charge on any atom is -0.352 e. The monoisotopic (exact) mass is 550 g/mol. The number of hydrogen-bond donors (Lipinski definition) is 1. The van der Waals surface area contributed by atoms with Gasteiger partial charge in [-0.2, -0.15) is 0 Å². The summed E-state index contributed by atoms with van der Waals surface area (Å²) in [5, 5.41) is 4.26. The molecule has 3 aromatic rings. The first-order valence-electron chi connectivity index (χ1n) is 13.6. The summed E-state index contributed by atoms with van der Waals surface area (Å²) in [5.41, 5.74) is 4.15. The Morgan fingerprint density at radius 3 is 2.26 bits per heavy atom. The van der Waals surface area contributed by atoms with Gasteiger partial charge in [-0.3, -0.25) is 9.59 Å². The highest BCUT2D eigenvalue weighted by Gasteiger charge is 2.32. The molecule has 1 N–H and O–H groups in total. The van der Waals surface area contributed by atoms with Crippen molar-refractivity contribution in [3.63, 3.8) is 0 Å². The quantitative estimate of drug-likeness (QED) is 0.274. The van der Waals surface area contributed by atoms with Crippen LogP contribution in [0, 0.1) is 0 Å². The van der Waals surface area contributed by atoms with Gasteiger partial charge >= 0.3 is 0 Å². The molecule has 0 bridgehead atoms. The zero-order valence-electron chi connectivity index (χ0n) is 22.0. The minimum atomic E-state index is -0.653. The molecule has 0 aromatic heterocycles. The van der Waals surface area contributed by atoms with Crippen LogP contribution in [0.1, 0.15) is 61.3 Å². The topological polar surface area (TPSA) is 49.4 Å². The van der Waals surface area contributed by atoms with E-state index in [1.807, 2.05) is 36.4 Å². The van der Waals surface area contributed by atoms with Crippen molar-refractivity contribution in [3.05, 3.63) is 105 Å². The fourth-order valence-electron chi connectivity index (χ4n) is 5.09. The van der Waals surface area contributed by atoms with Crippen molar-refractivity contribution in [2.45, 2.75) is 76.9 Å².